The van der Waals surface area contributed by atoms with Crippen molar-refractivity contribution in [2.75, 3.05) is 13.2 Å². The summed E-state index contributed by atoms with van der Waals surface area (Å²) in [6.45, 7) is 11.8. The zero-order valence-corrected chi connectivity index (χ0v) is 11.2. The predicted octanol–water partition coefficient (Wildman–Crippen LogP) is 2.11. The van der Waals surface area contributed by atoms with Gasteiger partial charge in [-0.25, -0.2) is 0 Å². The zero-order valence-electron chi connectivity index (χ0n) is 10.2. The van der Waals surface area contributed by atoms with Gasteiger partial charge in [-0.3, -0.25) is 0 Å². The van der Waals surface area contributed by atoms with Crippen molar-refractivity contribution in [3.63, 3.8) is 0 Å². The van der Waals surface area contributed by atoms with Crippen LogP contribution in [0.15, 0.2) is 0 Å². The summed E-state index contributed by atoms with van der Waals surface area (Å²) in [7, 11) is -1.96. The molecule has 0 aliphatic rings. The smallest absolute Gasteiger partial charge is 0.335 e. The highest BCUT2D eigenvalue weighted by atomic mass is 28.4. The van der Waals surface area contributed by atoms with E-state index < -0.39 is 8.56 Å². The standard InChI is InChI=1S/C10H25NO2Si/c1-6-12-14(5,13-7-2)8-9(3)10(4)11/h9-10H,6-8,11H2,1-5H3. The van der Waals surface area contributed by atoms with Crippen LogP contribution < -0.4 is 5.73 Å². The normalized spacial score (nSPS) is 16.7. The van der Waals surface area contributed by atoms with Crippen LogP contribution in [0.4, 0.5) is 0 Å². The minimum Gasteiger partial charge on any atom is -0.395 e. The van der Waals surface area contributed by atoms with Gasteiger partial charge in [0.1, 0.15) is 0 Å². The maximum absolute atomic E-state index is 5.85. The van der Waals surface area contributed by atoms with E-state index in [2.05, 4.69) is 13.5 Å². The van der Waals surface area contributed by atoms with Crippen LogP contribution in [0.2, 0.25) is 12.6 Å². The van der Waals surface area contributed by atoms with E-state index in [1.54, 1.807) is 0 Å². The Balaban J connectivity index is 4.20. The van der Waals surface area contributed by atoms with Crippen molar-refractivity contribution < 1.29 is 8.85 Å². The molecule has 0 heterocycles. The highest BCUT2D eigenvalue weighted by Crippen LogP contribution is 2.21. The van der Waals surface area contributed by atoms with E-state index in [-0.39, 0.29) is 6.04 Å². The molecule has 0 aromatic carbocycles. The third kappa shape index (κ3) is 5.10. The van der Waals surface area contributed by atoms with E-state index in [9.17, 15) is 0 Å². The van der Waals surface area contributed by atoms with Gasteiger partial charge in [-0.15, -0.1) is 0 Å². The molecular formula is C10H25NO2Si. The van der Waals surface area contributed by atoms with Gasteiger partial charge in [0, 0.05) is 19.3 Å². The summed E-state index contributed by atoms with van der Waals surface area (Å²) in [5.74, 6) is 0.463. The monoisotopic (exact) mass is 219 g/mol. The van der Waals surface area contributed by atoms with E-state index >= 15 is 0 Å². The fraction of sp³-hybridized carbons (Fsp3) is 1.00. The lowest BCUT2D eigenvalue weighted by molar-refractivity contribution is 0.183. The van der Waals surface area contributed by atoms with Gasteiger partial charge in [0.25, 0.3) is 0 Å². The summed E-state index contributed by atoms with van der Waals surface area (Å²) >= 11 is 0. The number of nitrogens with two attached hydrogens (primary N) is 1. The summed E-state index contributed by atoms with van der Waals surface area (Å²) in [5, 5.41) is 0. The molecule has 2 atom stereocenters. The van der Waals surface area contributed by atoms with E-state index in [1.807, 2.05) is 20.8 Å². The minimum absolute atomic E-state index is 0.211. The molecule has 0 bridgehead atoms. The van der Waals surface area contributed by atoms with Gasteiger partial charge in [-0.05, 0) is 39.3 Å². The number of hydrogen-bond donors (Lipinski definition) is 1. The van der Waals surface area contributed by atoms with Crippen LogP contribution in [0, 0.1) is 5.92 Å². The Morgan fingerprint density at radius 2 is 1.57 bits per heavy atom. The molecule has 86 valence electrons. The van der Waals surface area contributed by atoms with Crippen LogP contribution in [-0.2, 0) is 8.85 Å². The maximum atomic E-state index is 5.85. The van der Waals surface area contributed by atoms with Crippen LogP contribution in [-0.4, -0.2) is 27.8 Å². The quantitative estimate of drug-likeness (QED) is 0.667. The summed E-state index contributed by atoms with van der Waals surface area (Å²) in [6, 6.07) is 1.19. The van der Waals surface area contributed by atoms with Crippen LogP contribution in [0.3, 0.4) is 0 Å². The number of rotatable bonds is 7. The van der Waals surface area contributed by atoms with Gasteiger partial charge in [0.15, 0.2) is 0 Å². The molecular weight excluding hydrogens is 194 g/mol. The Hall–Kier alpha value is 0.0969. The molecule has 0 fully saturated rings. The summed E-state index contributed by atoms with van der Waals surface area (Å²) in [4.78, 5) is 0. The SMILES string of the molecule is CCO[Si](C)(CC(C)C(C)N)OCC. The van der Waals surface area contributed by atoms with Gasteiger partial charge in [-0.1, -0.05) is 6.92 Å². The third-order valence-electron chi connectivity index (χ3n) is 2.49. The molecule has 0 aliphatic heterocycles. The molecule has 0 aliphatic carbocycles. The topological polar surface area (TPSA) is 44.5 Å². The summed E-state index contributed by atoms with van der Waals surface area (Å²) < 4.78 is 11.5. The average Bonchev–Trinajstić information content (AvgIpc) is 2.04. The molecule has 0 saturated carbocycles. The molecule has 14 heavy (non-hydrogen) atoms. The first-order chi connectivity index (χ1) is 6.45. The Morgan fingerprint density at radius 1 is 1.14 bits per heavy atom. The summed E-state index contributed by atoms with van der Waals surface area (Å²) in [5.41, 5.74) is 5.85. The van der Waals surface area contributed by atoms with Gasteiger partial charge < -0.3 is 14.6 Å². The second-order valence-corrected chi connectivity index (χ2v) is 7.29. The van der Waals surface area contributed by atoms with E-state index in [1.165, 1.54) is 0 Å². The molecule has 0 amide bonds. The molecule has 0 rings (SSSR count). The van der Waals surface area contributed by atoms with Crippen LogP contribution in [0.5, 0.6) is 0 Å². The Kier molecular flexibility index (Phi) is 6.60. The van der Waals surface area contributed by atoms with Crippen molar-refractivity contribution in [1.29, 1.82) is 0 Å². The van der Waals surface area contributed by atoms with E-state index in [0.29, 0.717) is 5.92 Å². The van der Waals surface area contributed by atoms with Crippen LogP contribution in [0.1, 0.15) is 27.7 Å². The average molecular weight is 219 g/mol. The largest absolute Gasteiger partial charge is 0.395 e. The molecule has 2 unspecified atom stereocenters. The lowest BCUT2D eigenvalue weighted by atomic mass is 10.1. The maximum Gasteiger partial charge on any atom is 0.335 e. The highest BCUT2D eigenvalue weighted by Gasteiger charge is 2.33. The second kappa shape index (κ2) is 6.56. The van der Waals surface area contributed by atoms with E-state index in [0.717, 1.165) is 19.3 Å². The van der Waals surface area contributed by atoms with Crippen molar-refractivity contribution >= 4 is 8.56 Å². The third-order valence-corrected chi connectivity index (χ3v) is 5.67. The Labute approximate surface area is 89.2 Å². The van der Waals surface area contributed by atoms with Gasteiger partial charge in [0.2, 0.25) is 0 Å². The fourth-order valence-corrected chi connectivity index (χ4v) is 4.62. The van der Waals surface area contributed by atoms with Gasteiger partial charge >= 0.3 is 8.56 Å². The summed E-state index contributed by atoms with van der Waals surface area (Å²) in [6.07, 6.45) is 0. The molecule has 0 spiro atoms. The predicted molar refractivity (Wildman–Crippen MR) is 62.5 cm³/mol. The molecule has 3 nitrogen and oxygen atoms in total. The Morgan fingerprint density at radius 3 is 1.86 bits per heavy atom. The lowest BCUT2D eigenvalue weighted by Crippen LogP contribution is -2.43. The minimum atomic E-state index is -1.96. The second-order valence-electron chi connectivity index (χ2n) is 4.04. The fourth-order valence-electron chi connectivity index (χ4n) is 1.54. The van der Waals surface area contributed by atoms with Gasteiger partial charge in [0.05, 0.1) is 0 Å². The molecule has 0 saturated heterocycles. The van der Waals surface area contributed by atoms with Crippen molar-refractivity contribution in [3.8, 4) is 0 Å². The Bertz CT molecular complexity index is 147. The van der Waals surface area contributed by atoms with Crippen molar-refractivity contribution in [2.45, 2.75) is 46.3 Å². The highest BCUT2D eigenvalue weighted by molar-refractivity contribution is 6.66. The molecule has 0 aromatic heterocycles. The van der Waals surface area contributed by atoms with Gasteiger partial charge in [-0.2, -0.15) is 0 Å². The van der Waals surface area contributed by atoms with Crippen molar-refractivity contribution in [3.05, 3.63) is 0 Å². The van der Waals surface area contributed by atoms with E-state index in [4.69, 9.17) is 14.6 Å². The number of hydrogen-bond acceptors (Lipinski definition) is 3. The molecule has 0 aromatic rings. The zero-order chi connectivity index (χ0) is 11.2. The lowest BCUT2D eigenvalue weighted by Gasteiger charge is -2.29. The molecule has 4 heteroatoms. The van der Waals surface area contributed by atoms with Crippen molar-refractivity contribution in [1.82, 2.24) is 0 Å². The van der Waals surface area contributed by atoms with Crippen LogP contribution >= 0.6 is 0 Å². The molecule has 0 radical (unpaired) electrons. The first-order valence-corrected chi connectivity index (χ1v) is 8.01. The first kappa shape index (κ1) is 14.1. The van der Waals surface area contributed by atoms with Crippen LogP contribution in [0.25, 0.3) is 0 Å². The molecule has 2 N–H and O–H groups in total. The van der Waals surface area contributed by atoms with Crippen molar-refractivity contribution in [2.24, 2.45) is 11.7 Å². The first-order valence-electron chi connectivity index (χ1n) is 5.48.